The molecule has 248 valence electrons. The smallest absolute Gasteiger partial charge is 0.0545 e. The van der Waals surface area contributed by atoms with Gasteiger partial charge in [0.15, 0.2) is 0 Å². The highest BCUT2D eigenvalue weighted by atomic mass is 16.3. The van der Waals surface area contributed by atoms with Crippen molar-refractivity contribution >= 4 is 0 Å². The van der Waals surface area contributed by atoms with Crippen molar-refractivity contribution in [2.24, 2.45) is 82.5 Å². The average Bonchev–Trinajstić information content (AvgIpc) is 2.64. The van der Waals surface area contributed by atoms with E-state index in [1.807, 2.05) is 13.8 Å². The monoisotopic (exact) mass is 575 g/mol. The number of aliphatic hydroxyl groups excluding tert-OH is 2. The number of rotatable bonds is 12. The van der Waals surface area contributed by atoms with E-state index in [2.05, 4.69) is 125 Å². The number of hydrogen-bond acceptors (Lipinski definition) is 4. The molecular formula is C36H82N2O2. The number of hydrogen-bond donors (Lipinski definition) is 4. The molecule has 0 aliphatic carbocycles. The Bertz CT molecular complexity index is 363. The van der Waals surface area contributed by atoms with E-state index in [1.165, 1.54) is 0 Å². The first-order valence-corrected chi connectivity index (χ1v) is 16.7. The highest BCUT2D eigenvalue weighted by Crippen LogP contribution is 2.25. The summed E-state index contributed by atoms with van der Waals surface area (Å²) >= 11 is 0. The Morgan fingerprint density at radius 2 is 0.400 bits per heavy atom. The van der Waals surface area contributed by atoms with E-state index in [4.69, 9.17) is 11.5 Å². The predicted molar refractivity (Wildman–Crippen MR) is 183 cm³/mol. The van der Waals surface area contributed by atoms with E-state index in [9.17, 15) is 10.2 Å². The maximum absolute atomic E-state index is 9.35. The first-order chi connectivity index (χ1) is 17.9. The molecule has 4 atom stereocenters. The molecule has 0 heterocycles. The summed E-state index contributed by atoms with van der Waals surface area (Å²) in [6, 6.07) is 0.667. The van der Waals surface area contributed by atoms with Crippen LogP contribution in [0, 0.1) is 71.0 Å². The minimum atomic E-state index is -0.167. The van der Waals surface area contributed by atoms with Crippen LogP contribution in [0.2, 0.25) is 0 Å². The molecular weight excluding hydrogens is 492 g/mol. The van der Waals surface area contributed by atoms with Crippen LogP contribution in [0.25, 0.3) is 0 Å². The fourth-order valence-electron chi connectivity index (χ4n) is 7.74. The first-order valence-electron chi connectivity index (χ1n) is 16.7. The Morgan fingerprint density at radius 1 is 0.275 bits per heavy atom. The average molecular weight is 575 g/mol. The van der Waals surface area contributed by atoms with Crippen molar-refractivity contribution in [2.75, 3.05) is 0 Å². The van der Waals surface area contributed by atoms with E-state index in [1.54, 1.807) is 0 Å². The zero-order valence-electron chi connectivity index (χ0n) is 31.3. The molecule has 0 radical (unpaired) electrons. The second-order valence-corrected chi connectivity index (χ2v) is 15.5. The van der Waals surface area contributed by atoms with Gasteiger partial charge in [-0.2, -0.15) is 0 Å². The minimum absolute atomic E-state index is 0.167. The lowest BCUT2D eigenvalue weighted by atomic mass is 9.81. The summed E-state index contributed by atoms with van der Waals surface area (Å²) in [5.41, 5.74) is 11.7. The van der Waals surface area contributed by atoms with Crippen LogP contribution in [0.5, 0.6) is 0 Å². The predicted octanol–water partition coefficient (Wildman–Crippen LogP) is 9.11. The zero-order valence-corrected chi connectivity index (χ0v) is 31.3. The van der Waals surface area contributed by atoms with Gasteiger partial charge in [-0.05, 0) is 98.7 Å². The van der Waals surface area contributed by atoms with Crippen molar-refractivity contribution in [3.63, 3.8) is 0 Å². The maximum Gasteiger partial charge on any atom is 0.0545 e. The molecule has 40 heavy (non-hydrogen) atoms. The molecule has 0 unspecified atom stereocenters. The summed E-state index contributed by atoms with van der Waals surface area (Å²) in [7, 11) is 0. The van der Waals surface area contributed by atoms with Gasteiger partial charge in [0.2, 0.25) is 0 Å². The molecule has 4 nitrogen and oxygen atoms in total. The van der Waals surface area contributed by atoms with Gasteiger partial charge < -0.3 is 21.7 Å². The van der Waals surface area contributed by atoms with Gasteiger partial charge in [0.25, 0.3) is 0 Å². The van der Waals surface area contributed by atoms with Gasteiger partial charge in [-0.25, -0.2) is 0 Å². The van der Waals surface area contributed by atoms with E-state index in [0.29, 0.717) is 83.1 Å². The maximum atomic E-state index is 9.35. The third-order valence-corrected chi connectivity index (χ3v) is 8.49. The van der Waals surface area contributed by atoms with E-state index in [0.717, 1.165) is 0 Å². The van der Waals surface area contributed by atoms with Crippen LogP contribution in [0.15, 0.2) is 0 Å². The van der Waals surface area contributed by atoms with Crippen molar-refractivity contribution in [1.82, 2.24) is 0 Å². The molecule has 4 heteroatoms. The van der Waals surface area contributed by atoms with Crippen LogP contribution >= 0.6 is 0 Å². The van der Waals surface area contributed by atoms with Gasteiger partial charge in [-0.3, -0.25) is 0 Å². The highest BCUT2D eigenvalue weighted by molar-refractivity contribution is 4.75. The second kappa shape index (κ2) is 24.3. The van der Waals surface area contributed by atoms with Gasteiger partial charge in [0.05, 0.1) is 12.2 Å². The summed E-state index contributed by atoms with van der Waals surface area (Å²) in [5, 5.41) is 18.7. The van der Waals surface area contributed by atoms with Crippen LogP contribution in [0.4, 0.5) is 0 Å². The molecule has 0 spiro atoms. The molecule has 0 aromatic carbocycles. The van der Waals surface area contributed by atoms with Gasteiger partial charge in [-0.15, -0.1) is 0 Å². The standard InChI is InChI=1S/2C9H21N.2C9H20O/c4*1-6(2)9(7(3)4)8(5)10/h2*6-9H,10H2,1-5H3;2*6-10H,1-5H3/t4*8-/m1010/s1. The summed E-state index contributed by atoms with van der Waals surface area (Å²) < 4.78 is 0. The van der Waals surface area contributed by atoms with Gasteiger partial charge in [0.1, 0.15) is 0 Å². The molecule has 0 fully saturated rings. The van der Waals surface area contributed by atoms with Crippen molar-refractivity contribution in [1.29, 1.82) is 0 Å². The summed E-state index contributed by atoms with van der Waals surface area (Å²) in [6.45, 7) is 43.2. The Labute approximate surface area is 255 Å². The SMILES string of the molecule is CC(C)C(C(C)C)[C@@H](C)N.CC(C)C(C(C)C)[C@@H](C)O.CC(C)C(C(C)C)[C@H](C)N.CC(C)C(C(C)C)[C@H](C)O. The largest absolute Gasteiger partial charge is 0.393 e. The summed E-state index contributed by atoms with van der Waals surface area (Å²) in [4.78, 5) is 0. The molecule has 0 amide bonds. The molecule has 6 N–H and O–H groups in total. The third kappa shape index (κ3) is 22.4. The number of aliphatic hydroxyl groups is 2. The van der Waals surface area contributed by atoms with Crippen LogP contribution < -0.4 is 11.5 Å². The van der Waals surface area contributed by atoms with E-state index >= 15 is 0 Å². The highest BCUT2D eigenvalue weighted by Gasteiger charge is 2.23. The van der Waals surface area contributed by atoms with Crippen LogP contribution in [-0.2, 0) is 0 Å². The summed E-state index contributed by atoms with van der Waals surface area (Å²) in [5.74, 6) is 7.39. The van der Waals surface area contributed by atoms with E-state index in [-0.39, 0.29) is 12.2 Å². The number of nitrogens with two attached hydrogens (primary N) is 2. The summed E-state index contributed by atoms with van der Waals surface area (Å²) in [6.07, 6.45) is -0.333. The fraction of sp³-hybridized carbons (Fsp3) is 1.00. The van der Waals surface area contributed by atoms with Crippen molar-refractivity contribution in [3.05, 3.63) is 0 Å². The lowest BCUT2D eigenvalue weighted by molar-refractivity contribution is 0.0676. The fourth-order valence-corrected chi connectivity index (χ4v) is 7.74. The molecule has 0 aromatic rings. The van der Waals surface area contributed by atoms with E-state index < -0.39 is 0 Å². The van der Waals surface area contributed by atoms with Crippen LogP contribution in [-0.4, -0.2) is 34.5 Å². The zero-order chi connectivity index (χ0) is 33.2. The molecule has 0 saturated carbocycles. The Morgan fingerprint density at radius 3 is 0.400 bits per heavy atom. The van der Waals surface area contributed by atoms with Gasteiger partial charge in [0, 0.05) is 12.1 Å². The lowest BCUT2D eigenvalue weighted by Crippen LogP contribution is -2.34. The minimum Gasteiger partial charge on any atom is -0.393 e. The van der Waals surface area contributed by atoms with Gasteiger partial charge in [-0.1, -0.05) is 111 Å². The third-order valence-electron chi connectivity index (χ3n) is 8.49. The molecule has 0 aliphatic heterocycles. The molecule has 0 saturated heterocycles. The molecule has 0 bridgehead atoms. The van der Waals surface area contributed by atoms with Crippen molar-refractivity contribution in [2.45, 2.75) is 163 Å². The Kier molecular flexibility index (Phi) is 28.4. The van der Waals surface area contributed by atoms with Crippen LogP contribution in [0.3, 0.4) is 0 Å². The molecule has 0 rings (SSSR count). The Balaban J connectivity index is -0.000000216. The van der Waals surface area contributed by atoms with Crippen LogP contribution in [0.1, 0.15) is 138 Å². The van der Waals surface area contributed by atoms with Crippen molar-refractivity contribution < 1.29 is 10.2 Å². The van der Waals surface area contributed by atoms with Crippen molar-refractivity contribution in [3.8, 4) is 0 Å². The normalized spacial score (nSPS) is 15.3. The first kappa shape index (κ1) is 46.8. The molecule has 0 aliphatic rings. The quantitative estimate of drug-likeness (QED) is 0.187. The second-order valence-electron chi connectivity index (χ2n) is 15.5. The Hall–Kier alpha value is -0.160. The van der Waals surface area contributed by atoms with Gasteiger partial charge >= 0.3 is 0 Å². The topological polar surface area (TPSA) is 92.5 Å². The lowest BCUT2D eigenvalue weighted by Gasteiger charge is -2.28. The molecule has 0 aromatic heterocycles.